The van der Waals surface area contributed by atoms with Gasteiger partial charge in [0.15, 0.2) is 6.61 Å². The fraction of sp³-hybridized carbons (Fsp3) is 0.158. The van der Waals surface area contributed by atoms with Crippen molar-refractivity contribution in [1.82, 2.24) is 4.90 Å². The summed E-state index contributed by atoms with van der Waals surface area (Å²) >= 11 is 3.25. The first-order valence-corrected chi connectivity index (χ1v) is 9.46. The number of hydrogen-bond acceptors (Lipinski definition) is 5. The highest BCUT2D eigenvalue weighted by atomic mass is 32.1. The second kappa shape index (κ2) is 8.47. The summed E-state index contributed by atoms with van der Waals surface area (Å²) < 4.78 is 5.60. The molecule has 6 heteroatoms. The van der Waals surface area contributed by atoms with E-state index in [1.165, 1.54) is 0 Å². The number of rotatable bonds is 7. The van der Waals surface area contributed by atoms with E-state index in [1.54, 1.807) is 51.8 Å². The number of para-hydroxylation sites is 1. The molecule has 0 atom stereocenters. The van der Waals surface area contributed by atoms with Crippen LogP contribution < -0.4 is 4.74 Å². The topological polar surface area (TPSA) is 53.3 Å². The first kappa shape index (κ1) is 17.2. The fourth-order valence-corrected chi connectivity index (χ4v) is 3.77. The van der Waals surface area contributed by atoms with Gasteiger partial charge in [-0.25, -0.2) is 0 Å². The van der Waals surface area contributed by atoms with Gasteiger partial charge < -0.3 is 9.64 Å². The zero-order valence-corrected chi connectivity index (χ0v) is 15.1. The molecule has 4 nitrogen and oxygen atoms in total. The molecule has 0 radical (unpaired) electrons. The highest BCUT2D eigenvalue weighted by molar-refractivity contribution is 7.10. The highest BCUT2D eigenvalue weighted by Gasteiger charge is 2.17. The largest absolute Gasteiger partial charge is 0.482 e. The Morgan fingerprint density at radius 2 is 1.64 bits per heavy atom. The lowest BCUT2D eigenvalue weighted by molar-refractivity contribution is -0.134. The first-order chi connectivity index (χ1) is 12.3. The molecule has 3 aromatic rings. The summed E-state index contributed by atoms with van der Waals surface area (Å²) in [6.45, 7) is 1.02. The quantitative estimate of drug-likeness (QED) is 0.625. The van der Waals surface area contributed by atoms with Crippen LogP contribution in [0.2, 0.25) is 0 Å². The van der Waals surface area contributed by atoms with E-state index in [1.807, 2.05) is 35.0 Å². The minimum absolute atomic E-state index is 0.0879. The van der Waals surface area contributed by atoms with E-state index in [0.717, 1.165) is 9.75 Å². The molecule has 3 rings (SSSR count). The summed E-state index contributed by atoms with van der Waals surface area (Å²) in [5, 5.41) is 13.1. The molecule has 2 heterocycles. The lowest BCUT2D eigenvalue weighted by Gasteiger charge is -2.22. The van der Waals surface area contributed by atoms with Crippen LogP contribution in [-0.4, -0.2) is 17.4 Å². The lowest BCUT2D eigenvalue weighted by Crippen LogP contribution is -2.33. The Hall–Kier alpha value is -2.62. The number of benzene rings is 1. The van der Waals surface area contributed by atoms with Crippen LogP contribution in [0.15, 0.2) is 59.3 Å². The molecule has 25 heavy (non-hydrogen) atoms. The van der Waals surface area contributed by atoms with Gasteiger partial charge in [-0.05, 0) is 35.0 Å². The van der Waals surface area contributed by atoms with Gasteiger partial charge in [0.25, 0.3) is 5.91 Å². The molecule has 0 unspecified atom stereocenters. The van der Waals surface area contributed by atoms with Crippen LogP contribution in [0.1, 0.15) is 15.3 Å². The zero-order valence-electron chi connectivity index (χ0n) is 13.4. The van der Waals surface area contributed by atoms with Crippen molar-refractivity contribution < 1.29 is 9.53 Å². The van der Waals surface area contributed by atoms with Crippen molar-refractivity contribution in [2.45, 2.75) is 13.1 Å². The predicted octanol–water partition coefficient (Wildman–Crippen LogP) is 4.29. The number of carbonyl (C=O) groups excluding carboxylic acids is 1. The van der Waals surface area contributed by atoms with Gasteiger partial charge in [0.1, 0.15) is 11.8 Å². The van der Waals surface area contributed by atoms with Gasteiger partial charge in [-0.15, -0.1) is 22.7 Å². The summed E-state index contributed by atoms with van der Waals surface area (Å²) in [6.07, 6.45) is 0. The van der Waals surface area contributed by atoms with Gasteiger partial charge in [0.05, 0.1) is 18.7 Å². The van der Waals surface area contributed by atoms with Gasteiger partial charge >= 0.3 is 0 Å². The smallest absolute Gasteiger partial charge is 0.261 e. The molecule has 0 N–H and O–H groups in total. The molecular weight excluding hydrogens is 352 g/mol. The third-order valence-corrected chi connectivity index (χ3v) is 5.29. The Morgan fingerprint density at radius 1 is 1.00 bits per heavy atom. The Bertz CT molecular complexity index is 816. The normalized spacial score (nSPS) is 10.2. The minimum Gasteiger partial charge on any atom is -0.482 e. The van der Waals surface area contributed by atoms with E-state index < -0.39 is 0 Å². The summed E-state index contributed by atoms with van der Waals surface area (Å²) in [6, 6.07) is 17.0. The summed E-state index contributed by atoms with van der Waals surface area (Å²) in [5.41, 5.74) is 0.429. The number of amides is 1. The monoisotopic (exact) mass is 368 g/mol. The predicted molar refractivity (Wildman–Crippen MR) is 99.5 cm³/mol. The molecule has 0 saturated carbocycles. The summed E-state index contributed by atoms with van der Waals surface area (Å²) in [7, 11) is 0. The zero-order chi connectivity index (χ0) is 17.5. The maximum Gasteiger partial charge on any atom is 0.261 e. The van der Waals surface area contributed by atoms with Crippen LogP contribution in [0.4, 0.5) is 0 Å². The molecule has 0 bridgehead atoms. The minimum atomic E-state index is -0.102. The Labute approximate surface area is 154 Å². The Balaban J connectivity index is 1.69. The van der Waals surface area contributed by atoms with Crippen LogP contribution in [0, 0.1) is 11.3 Å². The second-order valence-corrected chi connectivity index (χ2v) is 7.37. The number of nitriles is 1. The molecule has 1 amide bonds. The number of ether oxygens (including phenoxy) is 1. The van der Waals surface area contributed by atoms with Crippen molar-refractivity contribution in [3.05, 3.63) is 74.6 Å². The maximum absolute atomic E-state index is 12.7. The van der Waals surface area contributed by atoms with Gasteiger partial charge in [0, 0.05) is 9.75 Å². The number of carbonyl (C=O) groups is 1. The van der Waals surface area contributed by atoms with E-state index in [0.29, 0.717) is 24.4 Å². The van der Waals surface area contributed by atoms with Crippen molar-refractivity contribution >= 4 is 28.6 Å². The highest BCUT2D eigenvalue weighted by Crippen LogP contribution is 2.19. The van der Waals surface area contributed by atoms with Crippen molar-refractivity contribution in [2.24, 2.45) is 0 Å². The lowest BCUT2D eigenvalue weighted by atomic mass is 10.2. The number of thiophene rings is 2. The number of nitrogens with zero attached hydrogens (tertiary/aromatic N) is 2. The van der Waals surface area contributed by atoms with Crippen molar-refractivity contribution in [1.29, 1.82) is 5.26 Å². The first-order valence-electron chi connectivity index (χ1n) is 7.70. The second-order valence-electron chi connectivity index (χ2n) is 5.31. The van der Waals surface area contributed by atoms with Gasteiger partial charge in [-0.1, -0.05) is 24.3 Å². The SMILES string of the molecule is N#Cc1ccccc1OCC(=O)N(Cc1cccs1)Cc1cccs1. The molecule has 1 aromatic carbocycles. The fourth-order valence-electron chi connectivity index (χ4n) is 2.33. The average Bonchev–Trinajstić information content (AvgIpc) is 3.33. The third kappa shape index (κ3) is 4.69. The average molecular weight is 368 g/mol. The standard InChI is InChI=1S/C19H16N2O2S2/c20-11-15-5-1-2-8-18(15)23-14-19(22)21(12-16-6-3-9-24-16)13-17-7-4-10-25-17/h1-10H,12-14H2. The van der Waals surface area contributed by atoms with Crippen LogP contribution in [0.5, 0.6) is 5.75 Å². The van der Waals surface area contributed by atoms with Crippen LogP contribution in [0.3, 0.4) is 0 Å². The van der Waals surface area contributed by atoms with Crippen molar-refractivity contribution in [3.8, 4) is 11.8 Å². The van der Waals surface area contributed by atoms with E-state index in [9.17, 15) is 4.79 Å². The molecular formula is C19H16N2O2S2. The third-order valence-electron chi connectivity index (χ3n) is 3.56. The van der Waals surface area contributed by atoms with Crippen molar-refractivity contribution in [3.63, 3.8) is 0 Å². The Kier molecular flexibility index (Phi) is 5.83. The Morgan fingerprint density at radius 3 is 2.20 bits per heavy atom. The number of hydrogen-bond donors (Lipinski definition) is 0. The molecule has 0 aliphatic heterocycles. The molecule has 0 aliphatic rings. The maximum atomic E-state index is 12.7. The van der Waals surface area contributed by atoms with E-state index in [-0.39, 0.29) is 12.5 Å². The van der Waals surface area contributed by atoms with Crippen LogP contribution in [-0.2, 0) is 17.9 Å². The van der Waals surface area contributed by atoms with E-state index >= 15 is 0 Å². The van der Waals surface area contributed by atoms with Crippen LogP contribution in [0.25, 0.3) is 0 Å². The van der Waals surface area contributed by atoms with E-state index in [2.05, 4.69) is 6.07 Å². The van der Waals surface area contributed by atoms with E-state index in [4.69, 9.17) is 10.00 Å². The molecule has 2 aromatic heterocycles. The van der Waals surface area contributed by atoms with Gasteiger partial charge in [-0.2, -0.15) is 5.26 Å². The van der Waals surface area contributed by atoms with Gasteiger partial charge in [-0.3, -0.25) is 4.79 Å². The summed E-state index contributed by atoms with van der Waals surface area (Å²) in [4.78, 5) is 16.7. The molecule has 126 valence electrons. The molecule has 0 aliphatic carbocycles. The molecule has 0 saturated heterocycles. The van der Waals surface area contributed by atoms with Crippen LogP contribution >= 0.6 is 22.7 Å². The molecule has 0 spiro atoms. The van der Waals surface area contributed by atoms with Crippen molar-refractivity contribution in [2.75, 3.05) is 6.61 Å². The summed E-state index contributed by atoms with van der Waals surface area (Å²) in [5.74, 6) is 0.333. The molecule has 0 fully saturated rings. The van der Waals surface area contributed by atoms with Gasteiger partial charge in [0.2, 0.25) is 0 Å².